The lowest BCUT2D eigenvalue weighted by atomic mass is 9.74. The zero-order valence-electron chi connectivity index (χ0n) is 26.8. The standard InChI is InChI=1S/C34H39F3N8O3/c1-43-20-40-42-31(43)14-33(18-48-19-33)24-12-29(39-7-2-6-38)41-30(13-24)45-17-27-26(32(45)47)9-21(10-28(27)34(35,36)37)15-44-8-5-22-3-4-25(46)11-23(22)16-44/h9-10,12-13,20,22-23,25,46H,2-5,7-8,11,14-19H2,1H3,(H,39,41). The Morgan fingerprint density at radius 3 is 2.71 bits per heavy atom. The van der Waals surface area contributed by atoms with Crippen LogP contribution in [-0.4, -0.2) is 74.6 Å². The van der Waals surface area contributed by atoms with Crippen molar-refractivity contribution in [1.29, 1.82) is 5.26 Å². The van der Waals surface area contributed by atoms with E-state index in [-0.39, 0.29) is 36.0 Å². The maximum absolute atomic E-state index is 14.6. The van der Waals surface area contributed by atoms with Gasteiger partial charge in [-0.25, -0.2) is 4.98 Å². The summed E-state index contributed by atoms with van der Waals surface area (Å²) in [4.78, 5) is 22.2. The van der Waals surface area contributed by atoms with Crippen molar-refractivity contribution in [2.24, 2.45) is 18.9 Å². The lowest BCUT2D eigenvalue weighted by Gasteiger charge is -2.42. The van der Waals surface area contributed by atoms with Crippen molar-refractivity contribution >= 4 is 17.5 Å². The number of halogens is 3. The Hall–Kier alpha value is -4.06. The molecule has 11 nitrogen and oxygen atoms in total. The second-order valence-electron chi connectivity index (χ2n) is 13.8. The highest BCUT2D eigenvalue weighted by molar-refractivity contribution is 6.10. The molecule has 2 N–H and O–H groups in total. The number of anilines is 2. The summed E-state index contributed by atoms with van der Waals surface area (Å²) in [6, 6.07) is 8.50. The van der Waals surface area contributed by atoms with Crippen LogP contribution in [0.5, 0.6) is 0 Å². The summed E-state index contributed by atoms with van der Waals surface area (Å²) in [5, 5.41) is 30.7. The summed E-state index contributed by atoms with van der Waals surface area (Å²) in [6.45, 7) is 2.60. The van der Waals surface area contributed by atoms with E-state index in [1.807, 2.05) is 17.7 Å². The molecule has 1 saturated carbocycles. The molecule has 7 rings (SSSR count). The fourth-order valence-electron chi connectivity index (χ4n) is 7.86. The fraction of sp³-hybridized carbons (Fsp3) is 0.559. The van der Waals surface area contributed by atoms with Crippen molar-refractivity contribution in [2.75, 3.05) is 43.1 Å². The monoisotopic (exact) mass is 664 g/mol. The molecule has 0 bridgehead atoms. The molecule has 3 unspecified atom stereocenters. The van der Waals surface area contributed by atoms with E-state index < -0.39 is 23.1 Å². The van der Waals surface area contributed by atoms with Gasteiger partial charge in [0.2, 0.25) is 0 Å². The van der Waals surface area contributed by atoms with Gasteiger partial charge in [-0.2, -0.15) is 18.4 Å². The van der Waals surface area contributed by atoms with Crippen molar-refractivity contribution in [3.8, 4) is 6.07 Å². The number of nitriles is 1. The quantitative estimate of drug-likeness (QED) is 0.323. The number of aryl methyl sites for hydroxylation is 1. The largest absolute Gasteiger partial charge is 0.416 e. The number of aromatic nitrogens is 4. The number of likely N-dealkylation sites (tertiary alicyclic amines) is 1. The van der Waals surface area contributed by atoms with Gasteiger partial charge < -0.3 is 19.7 Å². The molecule has 2 aromatic heterocycles. The minimum Gasteiger partial charge on any atom is -0.393 e. The molecule has 3 atom stereocenters. The predicted octanol–water partition coefficient (Wildman–Crippen LogP) is 4.21. The highest BCUT2D eigenvalue weighted by atomic mass is 19.4. The molecule has 3 fully saturated rings. The minimum atomic E-state index is -4.65. The molecule has 3 aliphatic heterocycles. The van der Waals surface area contributed by atoms with Crippen LogP contribution in [0.25, 0.3) is 0 Å². The number of rotatable bonds is 9. The van der Waals surface area contributed by atoms with E-state index in [9.17, 15) is 23.1 Å². The van der Waals surface area contributed by atoms with Crippen molar-refractivity contribution in [2.45, 2.75) is 69.3 Å². The molecular weight excluding hydrogens is 625 g/mol. The zero-order valence-corrected chi connectivity index (χ0v) is 26.8. The molecule has 4 aliphatic rings. The van der Waals surface area contributed by atoms with Crippen molar-refractivity contribution in [3.63, 3.8) is 0 Å². The van der Waals surface area contributed by atoms with Gasteiger partial charge >= 0.3 is 6.18 Å². The number of nitrogens with one attached hydrogen (secondary N) is 1. The Balaban J connectivity index is 1.20. The van der Waals surface area contributed by atoms with E-state index in [0.29, 0.717) is 55.9 Å². The van der Waals surface area contributed by atoms with Gasteiger partial charge in [-0.1, -0.05) is 0 Å². The van der Waals surface area contributed by atoms with E-state index in [4.69, 9.17) is 10.00 Å². The van der Waals surface area contributed by atoms with Gasteiger partial charge in [0.05, 0.1) is 43.9 Å². The Kier molecular flexibility index (Phi) is 8.63. The Labute approximate surface area is 276 Å². The first-order valence-corrected chi connectivity index (χ1v) is 16.5. The van der Waals surface area contributed by atoms with Gasteiger partial charge in [-0.05, 0) is 85.0 Å². The number of piperidine rings is 1. The minimum absolute atomic E-state index is 0.0368. The van der Waals surface area contributed by atoms with Crippen LogP contribution in [0.3, 0.4) is 0 Å². The number of alkyl halides is 3. The van der Waals surface area contributed by atoms with Crippen LogP contribution in [0, 0.1) is 23.2 Å². The molecule has 3 aromatic rings. The van der Waals surface area contributed by atoms with Gasteiger partial charge in [0.25, 0.3) is 5.91 Å². The Morgan fingerprint density at radius 1 is 1.17 bits per heavy atom. The van der Waals surface area contributed by atoms with Crippen molar-refractivity contribution < 1.29 is 27.8 Å². The number of aliphatic hydroxyl groups excluding tert-OH is 1. The second-order valence-corrected chi connectivity index (χ2v) is 13.8. The van der Waals surface area contributed by atoms with Gasteiger partial charge in [-0.15, -0.1) is 10.2 Å². The van der Waals surface area contributed by atoms with Gasteiger partial charge in [0, 0.05) is 44.1 Å². The normalized spacial score (nSPS) is 23.7. The maximum Gasteiger partial charge on any atom is 0.416 e. The van der Waals surface area contributed by atoms with Crippen LogP contribution in [0.15, 0.2) is 30.6 Å². The number of hydrogen-bond acceptors (Lipinski definition) is 9. The number of aliphatic hydroxyl groups is 1. The maximum atomic E-state index is 14.6. The molecule has 0 radical (unpaired) electrons. The van der Waals surface area contributed by atoms with Crippen LogP contribution in [0.1, 0.15) is 70.5 Å². The van der Waals surface area contributed by atoms with E-state index in [1.54, 1.807) is 18.5 Å². The number of benzene rings is 1. The van der Waals surface area contributed by atoms with Crippen molar-refractivity contribution in [1.82, 2.24) is 24.6 Å². The average molecular weight is 665 g/mol. The summed E-state index contributed by atoms with van der Waals surface area (Å²) in [5.74, 6) is 1.71. The SMILES string of the molecule is Cn1cnnc1CC1(c2cc(NCCC#N)nc(N3Cc4c(cc(CN5CCC6CCC(O)CC6C5)cc4C(F)(F)F)C3=O)c2)COC1. The molecule has 254 valence electrons. The first-order valence-electron chi connectivity index (χ1n) is 16.5. The van der Waals surface area contributed by atoms with E-state index in [2.05, 4.69) is 31.5 Å². The number of pyridine rings is 1. The molecule has 48 heavy (non-hydrogen) atoms. The summed E-state index contributed by atoms with van der Waals surface area (Å²) in [5.41, 5.74) is -0.0827. The van der Waals surface area contributed by atoms with E-state index in [1.165, 1.54) is 11.0 Å². The zero-order chi connectivity index (χ0) is 33.6. The van der Waals surface area contributed by atoms with Gasteiger partial charge in [-0.3, -0.25) is 14.6 Å². The molecule has 14 heteroatoms. The molecule has 5 heterocycles. The van der Waals surface area contributed by atoms with Crippen LogP contribution in [-0.2, 0) is 42.9 Å². The van der Waals surface area contributed by atoms with E-state index >= 15 is 0 Å². The second kappa shape index (κ2) is 12.8. The van der Waals surface area contributed by atoms with Crippen LogP contribution < -0.4 is 10.2 Å². The Bertz CT molecular complexity index is 1730. The third-order valence-corrected chi connectivity index (χ3v) is 10.5. The molecular formula is C34H39F3N8O3. The molecule has 1 aromatic carbocycles. The smallest absolute Gasteiger partial charge is 0.393 e. The number of amides is 1. The molecule has 1 amide bonds. The average Bonchev–Trinajstić information content (AvgIpc) is 3.59. The third-order valence-electron chi connectivity index (χ3n) is 10.5. The van der Waals surface area contributed by atoms with Gasteiger partial charge in [0.15, 0.2) is 0 Å². The summed E-state index contributed by atoms with van der Waals surface area (Å²) in [7, 11) is 1.85. The fourth-order valence-corrected chi connectivity index (χ4v) is 7.86. The first kappa shape index (κ1) is 32.5. The number of fused-ring (bicyclic) bond motifs is 2. The summed E-state index contributed by atoms with van der Waals surface area (Å²) in [6.07, 6.45) is 0.834. The lowest BCUT2D eigenvalue weighted by Crippen LogP contribution is -2.49. The number of hydrogen-bond donors (Lipinski definition) is 2. The first-order chi connectivity index (χ1) is 23.0. The van der Waals surface area contributed by atoms with Crippen molar-refractivity contribution in [3.05, 3.63) is 64.2 Å². The number of carbonyl (C=O) groups excluding carboxylic acids is 1. The molecule has 1 aliphatic carbocycles. The lowest BCUT2D eigenvalue weighted by molar-refractivity contribution is -0.138. The van der Waals surface area contributed by atoms with Crippen LogP contribution >= 0.6 is 0 Å². The molecule has 0 spiro atoms. The number of ether oxygens (including phenoxy) is 1. The van der Waals surface area contributed by atoms with Crippen LogP contribution in [0.4, 0.5) is 24.8 Å². The predicted molar refractivity (Wildman–Crippen MR) is 169 cm³/mol. The molecule has 2 saturated heterocycles. The topological polar surface area (TPSA) is 132 Å². The number of carbonyl (C=O) groups is 1. The number of nitrogens with zero attached hydrogens (tertiary/aromatic N) is 7. The third kappa shape index (κ3) is 6.26. The van der Waals surface area contributed by atoms with E-state index in [0.717, 1.165) is 50.2 Å². The summed E-state index contributed by atoms with van der Waals surface area (Å²) < 4.78 is 51.3. The van der Waals surface area contributed by atoms with Crippen LogP contribution in [0.2, 0.25) is 0 Å². The summed E-state index contributed by atoms with van der Waals surface area (Å²) >= 11 is 0. The highest BCUT2D eigenvalue weighted by Crippen LogP contribution is 2.43. The van der Waals surface area contributed by atoms with Gasteiger partial charge in [0.1, 0.15) is 23.8 Å². The highest BCUT2D eigenvalue weighted by Gasteiger charge is 2.45. The Morgan fingerprint density at radius 2 is 2.00 bits per heavy atom.